The topological polar surface area (TPSA) is 149 Å². The van der Waals surface area contributed by atoms with E-state index >= 15 is 0 Å². The summed E-state index contributed by atoms with van der Waals surface area (Å²) in [6.45, 7) is 9.17. The second-order valence-electron chi connectivity index (χ2n) is 16.3. The molecule has 13 heteroatoms. The van der Waals surface area contributed by atoms with Crippen LogP contribution in [-0.2, 0) is 25.7 Å². The normalized spacial score (nSPS) is 22.6. The number of amides is 1. The molecule has 6 unspecified atom stereocenters. The summed E-state index contributed by atoms with van der Waals surface area (Å²) in [5.74, 6) is 0.0282. The molecular formula is C51H66N2O10S. The van der Waals surface area contributed by atoms with Crippen LogP contribution in [0.2, 0.25) is 0 Å². The Balaban J connectivity index is 1.51. The zero-order valence-electron chi connectivity index (χ0n) is 37.0. The lowest BCUT2D eigenvalue weighted by molar-refractivity contribution is -0.256. The Labute approximate surface area is 382 Å². The van der Waals surface area contributed by atoms with Crippen molar-refractivity contribution in [1.82, 2.24) is 4.90 Å². The Morgan fingerprint density at radius 3 is 2.39 bits per heavy atom. The second-order valence-corrected chi connectivity index (χ2v) is 17.4. The van der Waals surface area contributed by atoms with Gasteiger partial charge in [-0.05, 0) is 85.4 Å². The third kappa shape index (κ3) is 12.6. The van der Waals surface area contributed by atoms with Crippen LogP contribution in [0.4, 0.5) is 4.79 Å². The molecule has 346 valence electrons. The molecule has 3 aromatic carbocycles. The first-order chi connectivity index (χ1) is 31.5. The molecule has 3 aromatic rings. The molecule has 3 aliphatic rings. The van der Waals surface area contributed by atoms with Crippen LogP contribution >= 0.6 is 11.8 Å². The predicted molar refractivity (Wildman–Crippen MR) is 250 cm³/mol. The number of hydrogen-bond donors (Lipinski definition) is 3. The van der Waals surface area contributed by atoms with Crippen molar-refractivity contribution in [2.24, 2.45) is 22.9 Å². The van der Waals surface area contributed by atoms with Crippen molar-refractivity contribution in [3.8, 4) is 11.5 Å². The van der Waals surface area contributed by atoms with Crippen molar-refractivity contribution in [2.45, 2.75) is 80.6 Å². The highest BCUT2D eigenvalue weighted by Crippen LogP contribution is 2.62. The quantitative estimate of drug-likeness (QED) is 0.0278. The standard InChI is InChI=1S/C51H66N2O10S/c1-3-5-29-60-50(57)53(24-30-58-31-27-56)47-36-45(52-62-37-38-16-8-6-9-17-38)43-34-39(18-12-14-25-54)42(21-13-15-26-55)48-44-35-40(59-32-33-64-41-19-10-7-11-20-41)22-23-46(44)63-51(47,49(43)48)61-28-4-2/h3-4,6-11,16-17,19-20,22-23,34-35,39,42,47-49,54-56H,1-2,5,12-15,18,21,24-33,36-37H2. The molecule has 1 aliphatic heterocycles. The molecule has 3 N–H and O–H groups in total. The fourth-order valence-electron chi connectivity index (χ4n) is 9.35. The largest absolute Gasteiger partial charge is 0.493 e. The number of allylic oxidation sites excluding steroid dienone is 1. The first-order valence-corrected chi connectivity index (χ1v) is 23.7. The average Bonchev–Trinajstić information content (AvgIpc) is 3.32. The van der Waals surface area contributed by atoms with E-state index in [0.717, 1.165) is 53.9 Å². The Morgan fingerprint density at radius 2 is 1.66 bits per heavy atom. The van der Waals surface area contributed by atoms with Gasteiger partial charge in [0.2, 0.25) is 5.79 Å². The molecule has 64 heavy (non-hydrogen) atoms. The first kappa shape index (κ1) is 48.8. The lowest BCUT2D eigenvalue weighted by Gasteiger charge is -2.59. The van der Waals surface area contributed by atoms with Crippen LogP contribution < -0.4 is 9.47 Å². The number of hydrogen-bond acceptors (Lipinski definition) is 12. The van der Waals surface area contributed by atoms with Gasteiger partial charge in [-0.2, -0.15) is 0 Å². The van der Waals surface area contributed by atoms with Gasteiger partial charge in [0.1, 0.15) is 24.1 Å². The molecule has 12 nitrogen and oxygen atoms in total. The third-order valence-corrected chi connectivity index (χ3v) is 13.1. The van der Waals surface area contributed by atoms with Crippen molar-refractivity contribution in [3.05, 3.63) is 127 Å². The minimum absolute atomic E-state index is 0.0448. The highest BCUT2D eigenvalue weighted by molar-refractivity contribution is 7.99. The molecule has 6 atom stereocenters. The molecule has 6 rings (SSSR count). The van der Waals surface area contributed by atoms with E-state index in [1.165, 1.54) is 4.90 Å². The lowest BCUT2D eigenvalue weighted by atomic mass is 9.55. The lowest BCUT2D eigenvalue weighted by Crippen LogP contribution is -2.70. The van der Waals surface area contributed by atoms with Gasteiger partial charge in [-0.25, -0.2) is 4.79 Å². The minimum Gasteiger partial charge on any atom is -0.493 e. The fraction of sp³-hybridized carbons (Fsp3) is 0.490. The number of ether oxygens (including phenoxy) is 5. The Bertz CT molecular complexity index is 1960. The molecule has 1 heterocycles. The van der Waals surface area contributed by atoms with Crippen LogP contribution in [0, 0.1) is 17.8 Å². The zero-order chi connectivity index (χ0) is 45.0. The van der Waals surface area contributed by atoms with Crippen molar-refractivity contribution < 1.29 is 48.6 Å². The Kier molecular flexibility index (Phi) is 19.6. The molecule has 0 saturated heterocycles. The summed E-state index contributed by atoms with van der Waals surface area (Å²) in [6, 6.07) is 25.3. The van der Waals surface area contributed by atoms with E-state index in [1.54, 1.807) is 28.8 Å². The smallest absolute Gasteiger partial charge is 0.410 e. The molecule has 0 bridgehead atoms. The molecule has 1 amide bonds. The van der Waals surface area contributed by atoms with Crippen molar-refractivity contribution in [2.75, 3.05) is 65.2 Å². The summed E-state index contributed by atoms with van der Waals surface area (Å²) in [6.07, 6.45) is 10.4. The number of carbonyl (C=O) groups is 1. The number of nitrogens with zero attached hydrogens (tertiary/aromatic N) is 2. The van der Waals surface area contributed by atoms with Crippen molar-refractivity contribution in [1.29, 1.82) is 0 Å². The van der Waals surface area contributed by atoms with Gasteiger partial charge >= 0.3 is 6.09 Å². The van der Waals surface area contributed by atoms with Gasteiger partial charge in [-0.15, -0.1) is 24.9 Å². The fourth-order valence-corrected chi connectivity index (χ4v) is 10.1. The number of thioether (sulfide) groups is 1. The summed E-state index contributed by atoms with van der Waals surface area (Å²) in [5, 5.41) is 34.4. The summed E-state index contributed by atoms with van der Waals surface area (Å²) >= 11 is 1.74. The Morgan fingerprint density at radius 1 is 0.891 bits per heavy atom. The van der Waals surface area contributed by atoms with Crippen molar-refractivity contribution in [3.63, 3.8) is 0 Å². The number of oxime groups is 1. The summed E-state index contributed by atoms with van der Waals surface area (Å²) in [7, 11) is 0. The Hall–Kier alpha value is -4.63. The van der Waals surface area contributed by atoms with E-state index in [-0.39, 0.29) is 83.6 Å². The van der Waals surface area contributed by atoms with Crippen LogP contribution in [0.15, 0.2) is 126 Å². The number of benzene rings is 3. The molecule has 2 aliphatic carbocycles. The highest BCUT2D eigenvalue weighted by Gasteiger charge is 2.65. The van der Waals surface area contributed by atoms with Gasteiger partial charge in [-0.1, -0.05) is 84.8 Å². The summed E-state index contributed by atoms with van der Waals surface area (Å²) in [4.78, 5) is 23.5. The van der Waals surface area contributed by atoms with E-state index in [0.29, 0.717) is 37.3 Å². The number of rotatable bonds is 28. The van der Waals surface area contributed by atoms with E-state index in [1.807, 2.05) is 60.7 Å². The third-order valence-electron chi connectivity index (χ3n) is 12.1. The summed E-state index contributed by atoms with van der Waals surface area (Å²) < 4.78 is 32.6. The average molecular weight is 899 g/mol. The van der Waals surface area contributed by atoms with E-state index in [9.17, 15) is 20.1 Å². The van der Waals surface area contributed by atoms with Crippen LogP contribution in [-0.4, -0.2) is 109 Å². The van der Waals surface area contributed by atoms with Crippen molar-refractivity contribution >= 4 is 23.6 Å². The number of aliphatic hydroxyl groups is 3. The van der Waals surface area contributed by atoms with E-state index in [4.69, 9.17) is 33.7 Å². The number of unbranched alkanes of at least 4 members (excludes halogenated alkanes) is 2. The highest BCUT2D eigenvalue weighted by atomic mass is 32.2. The van der Waals surface area contributed by atoms with Crippen LogP contribution in [0.3, 0.4) is 0 Å². The molecule has 0 radical (unpaired) electrons. The van der Waals surface area contributed by atoms with E-state index < -0.39 is 23.8 Å². The molecular weight excluding hydrogens is 833 g/mol. The SMILES string of the molecule is C=CCCOC(=O)N(CCOCCO)C1CC(=NOCc2ccccc2)C2=CC(CCCCO)C(CCCCO)C3c4cc(OCCSc5ccccc5)ccc4OC1(OCC=C)C23. The van der Waals surface area contributed by atoms with Gasteiger partial charge in [0.05, 0.1) is 51.3 Å². The maximum atomic E-state index is 14.5. The number of fused-ring (bicyclic) bond motifs is 2. The minimum atomic E-state index is -1.47. The maximum absolute atomic E-state index is 14.5. The first-order valence-electron chi connectivity index (χ1n) is 22.8. The monoisotopic (exact) mass is 898 g/mol. The molecule has 0 aromatic heterocycles. The van der Waals surface area contributed by atoms with E-state index in [2.05, 4.69) is 37.4 Å². The molecule has 1 fully saturated rings. The molecule has 1 saturated carbocycles. The number of aliphatic hydroxyl groups excluding tert-OH is 3. The second kappa shape index (κ2) is 25.8. The summed E-state index contributed by atoms with van der Waals surface area (Å²) in [5.41, 5.74) is 3.53. The van der Waals surface area contributed by atoms with Gasteiger partial charge in [-0.3, -0.25) is 4.90 Å². The predicted octanol–water partition coefficient (Wildman–Crippen LogP) is 8.72. The zero-order valence-corrected chi connectivity index (χ0v) is 37.8. The van der Waals surface area contributed by atoms with Gasteiger partial charge < -0.3 is 43.8 Å². The number of carbonyl (C=O) groups excluding carboxylic acids is 1. The molecule has 0 spiro atoms. The van der Waals surface area contributed by atoms with Gasteiger partial charge in [0, 0.05) is 48.3 Å². The van der Waals surface area contributed by atoms with Crippen LogP contribution in [0.1, 0.15) is 68.4 Å². The van der Waals surface area contributed by atoms with Gasteiger partial charge in [0.25, 0.3) is 0 Å². The maximum Gasteiger partial charge on any atom is 0.410 e. The van der Waals surface area contributed by atoms with Crippen LogP contribution in [0.5, 0.6) is 11.5 Å². The van der Waals surface area contributed by atoms with Gasteiger partial charge in [0.15, 0.2) is 0 Å². The van der Waals surface area contributed by atoms with Crippen LogP contribution in [0.25, 0.3) is 0 Å².